The lowest BCUT2D eigenvalue weighted by Gasteiger charge is -2.15. The fraction of sp³-hybridized carbons (Fsp3) is 0.615. The topological polar surface area (TPSA) is 120 Å². The van der Waals surface area contributed by atoms with Crippen LogP contribution in [0, 0.1) is 6.92 Å². The van der Waals surface area contributed by atoms with Gasteiger partial charge in [0.15, 0.2) is 0 Å². The van der Waals surface area contributed by atoms with Crippen molar-refractivity contribution >= 4 is 6.16 Å². The highest BCUT2D eigenvalue weighted by Gasteiger charge is 2.39. The molecule has 0 bridgehead atoms. The van der Waals surface area contributed by atoms with E-state index in [4.69, 9.17) is 9.47 Å². The maximum Gasteiger partial charge on any atom is 0.508 e. The Morgan fingerprint density at radius 1 is 1.55 bits per heavy atom. The number of aliphatic hydroxyl groups is 1. The molecule has 0 spiro atoms. The summed E-state index contributed by atoms with van der Waals surface area (Å²) in [7, 11) is 0. The molecule has 1 aliphatic rings. The molecule has 0 amide bonds. The summed E-state index contributed by atoms with van der Waals surface area (Å²) in [5.41, 5.74) is -0.759. The van der Waals surface area contributed by atoms with Crippen molar-refractivity contribution in [3.05, 3.63) is 32.6 Å². The largest absolute Gasteiger partial charge is 0.508 e. The molecule has 0 unspecified atom stereocenters. The number of aromatic nitrogens is 2. The van der Waals surface area contributed by atoms with E-state index in [0.29, 0.717) is 5.56 Å². The van der Waals surface area contributed by atoms with Crippen molar-refractivity contribution in [1.29, 1.82) is 0 Å². The Bertz CT molecular complexity index is 651. The van der Waals surface area contributed by atoms with E-state index < -0.39 is 35.8 Å². The lowest BCUT2D eigenvalue weighted by atomic mass is 10.2. The number of carbonyl (C=O) groups excluding carboxylic acids is 1. The van der Waals surface area contributed by atoms with Crippen LogP contribution in [0.15, 0.2) is 15.8 Å². The first-order valence-corrected chi connectivity index (χ1v) is 6.88. The van der Waals surface area contributed by atoms with Gasteiger partial charge in [-0.15, -0.1) is 0 Å². The van der Waals surface area contributed by atoms with E-state index in [1.807, 2.05) is 0 Å². The molecule has 2 N–H and O–H groups in total. The van der Waals surface area contributed by atoms with E-state index in [9.17, 15) is 19.5 Å². The Morgan fingerprint density at radius 2 is 2.27 bits per heavy atom. The summed E-state index contributed by atoms with van der Waals surface area (Å²) in [6, 6.07) is 0. The van der Waals surface area contributed by atoms with Crippen LogP contribution < -0.4 is 11.2 Å². The fourth-order valence-corrected chi connectivity index (χ4v) is 2.23. The minimum Gasteiger partial charge on any atom is -0.435 e. The molecule has 1 aromatic rings. The van der Waals surface area contributed by atoms with Gasteiger partial charge in [0.2, 0.25) is 0 Å². The number of aromatic amines is 1. The Hall–Kier alpha value is -2.13. The number of ether oxygens (including phenoxy) is 3. The Labute approximate surface area is 125 Å². The maximum atomic E-state index is 11.8. The summed E-state index contributed by atoms with van der Waals surface area (Å²) < 4.78 is 16.5. The van der Waals surface area contributed by atoms with Gasteiger partial charge in [0.25, 0.3) is 5.56 Å². The van der Waals surface area contributed by atoms with E-state index in [-0.39, 0.29) is 19.6 Å². The van der Waals surface area contributed by atoms with Crippen LogP contribution in [-0.2, 0) is 14.2 Å². The fourth-order valence-electron chi connectivity index (χ4n) is 2.23. The number of aryl methyl sites for hydroxylation is 1. The molecule has 0 saturated carbocycles. The van der Waals surface area contributed by atoms with Crippen LogP contribution in [0.4, 0.5) is 4.79 Å². The molecule has 0 aromatic carbocycles. The predicted octanol–water partition coefficient (Wildman–Crippen LogP) is -0.333. The van der Waals surface area contributed by atoms with Crippen LogP contribution in [0.1, 0.15) is 25.1 Å². The number of aliphatic hydroxyl groups excluding tert-OH is 1. The molecule has 1 fully saturated rings. The molecule has 122 valence electrons. The van der Waals surface area contributed by atoms with Gasteiger partial charge in [-0.2, -0.15) is 0 Å². The van der Waals surface area contributed by atoms with E-state index in [2.05, 4.69) is 9.72 Å². The smallest absolute Gasteiger partial charge is 0.435 e. The molecule has 3 atom stereocenters. The zero-order valence-corrected chi connectivity index (χ0v) is 12.3. The average Bonchev–Trinajstić information content (AvgIpc) is 2.85. The number of carbonyl (C=O) groups is 1. The Morgan fingerprint density at radius 3 is 2.91 bits per heavy atom. The van der Waals surface area contributed by atoms with Crippen molar-refractivity contribution in [2.75, 3.05) is 13.2 Å². The van der Waals surface area contributed by atoms with Gasteiger partial charge in [0.05, 0.1) is 13.2 Å². The second-order valence-corrected chi connectivity index (χ2v) is 4.87. The average molecular weight is 314 g/mol. The van der Waals surface area contributed by atoms with Gasteiger partial charge in [-0.05, 0) is 13.8 Å². The summed E-state index contributed by atoms with van der Waals surface area (Å²) in [4.78, 5) is 36.8. The SMILES string of the molecule is CCOC(=O)O[C@@H]1C[C@H](n2cc(C)c(=O)[nH]c2=O)O[C@@H]1CO. The first kappa shape index (κ1) is 16.2. The highest BCUT2D eigenvalue weighted by atomic mass is 16.7. The van der Waals surface area contributed by atoms with Gasteiger partial charge in [-0.25, -0.2) is 9.59 Å². The number of hydrogen-bond donors (Lipinski definition) is 2. The van der Waals surface area contributed by atoms with E-state index in [0.717, 1.165) is 0 Å². The van der Waals surface area contributed by atoms with E-state index >= 15 is 0 Å². The molecule has 1 aliphatic heterocycles. The normalized spacial score (nSPS) is 24.2. The Balaban J connectivity index is 2.18. The first-order chi connectivity index (χ1) is 10.5. The molecule has 2 heterocycles. The quantitative estimate of drug-likeness (QED) is 0.730. The number of nitrogens with zero attached hydrogens (tertiary/aromatic N) is 1. The summed E-state index contributed by atoms with van der Waals surface area (Å²) in [5, 5.41) is 9.31. The van der Waals surface area contributed by atoms with Gasteiger partial charge in [-0.1, -0.05) is 0 Å². The minimum atomic E-state index is -0.861. The summed E-state index contributed by atoms with van der Waals surface area (Å²) >= 11 is 0. The second-order valence-electron chi connectivity index (χ2n) is 4.87. The van der Waals surface area contributed by atoms with Crippen LogP contribution in [0.25, 0.3) is 0 Å². The van der Waals surface area contributed by atoms with Crippen molar-refractivity contribution in [3.8, 4) is 0 Å². The lowest BCUT2D eigenvalue weighted by molar-refractivity contribution is -0.0570. The zero-order valence-electron chi connectivity index (χ0n) is 12.3. The molecule has 9 nitrogen and oxygen atoms in total. The van der Waals surface area contributed by atoms with Gasteiger partial charge in [-0.3, -0.25) is 14.3 Å². The van der Waals surface area contributed by atoms with Gasteiger partial charge >= 0.3 is 11.8 Å². The molecule has 0 aliphatic carbocycles. The van der Waals surface area contributed by atoms with E-state index in [1.54, 1.807) is 13.8 Å². The second kappa shape index (κ2) is 6.75. The molecule has 1 aromatic heterocycles. The van der Waals surface area contributed by atoms with Crippen molar-refractivity contribution in [3.63, 3.8) is 0 Å². The third kappa shape index (κ3) is 3.37. The van der Waals surface area contributed by atoms with Crippen molar-refractivity contribution < 1.29 is 24.1 Å². The zero-order chi connectivity index (χ0) is 16.3. The molecule has 9 heteroatoms. The van der Waals surface area contributed by atoms with Crippen LogP contribution in [0.3, 0.4) is 0 Å². The number of rotatable bonds is 4. The van der Waals surface area contributed by atoms with Crippen molar-refractivity contribution in [1.82, 2.24) is 9.55 Å². The predicted molar refractivity (Wildman–Crippen MR) is 73.6 cm³/mol. The third-order valence-corrected chi connectivity index (χ3v) is 3.33. The van der Waals surface area contributed by atoms with Crippen molar-refractivity contribution in [2.45, 2.75) is 38.7 Å². The molecular weight excluding hydrogens is 296 g/mol. The van der Waals surface area contributed by atoms with Gasteiger partial charge < -0.3 is 19.3 Å². The molecule has 0 radical (unpaired) electrons. The highest BCUT2D eigenvalue weighted by Crippen LogP contribution is 2.29. The molecular formula is C13H18N2O7. The number of nitrogens with one attached hydrogen (secondary N) is 1. The third-order valence-electron chi connectivity index (χ3n) is 3.33. The lowest BCUT2D eigenvalue weighted by Crippen LogP contribution is -2.33. The summed E-state index contributed by atoms with van der Waals surface area (Å²) in [6.45, 7) is 2.98. The first-order valence-electron chi connectivity index (χ1n) is 6.88. The van der Waals surface area contributed by atoms with E-state index in [1.165, 1.54) is 10.8 Å². The molecule has 2 rings (SSSR count). The van der Waals surface area contributed by atoms with Crippen molar-refractivity contribution in [2.24, 2.45) is 0 Å². The molecule has 22 heavy (non-hydrogen) atoms. The van der Waals surface area contributed by atoms with Crippen LogP contribution in [-0.4, -0.2) is 46.2 Å². The van der Waals surface area contributed by atoms with Crippen LogP contribution in [0.5, 0.6) is 0 Å². The van der Waals surface area contributed by atoms with Gasteiger partial charge in [0.1, 0.15) is 18.4 Å². The number of hydrogen-bond acceptors (Lipinski definition) is 7. The maximum absolute atomic E-state index is 11.8. The summed E-state index contributed by atoms with van der Waals surface area (Å²) in [6.07, 6.45) is -1.59. The summed E-state index contributed by atoms with van der Waals surface area (Å²) in [5.74, 6) is 0. The van der Waals surface area contributed by atoms with Gasteiger partial charge in [0, 0.05) is 18.2 Å². The molecule has 1 saturated heterocycles. The standard InChI is InChI=1S/C13H18N2O7/c1-3-20-13(19)22-8-4-10(21-9(8)6-16)15-5-7(2)11(17)14-12(15)18/h5,8-10,16H,3-4,6H2,1-2H3,(H,14,17,18)/t8-,9-,10-/m1/s1. The highest BCUT2D eigenvalue weighted by molar-refractivity contribution is 5.60. The van der Waals surface area contributed by atoms with Crippen LogP contribution in [0.2, 0.25) is 0 Å². The number of H-pyrrole nitrogens is 1. The minimum absolute atomic E-state index is 0.162. The Kier molecular flexibility index (Phi) is 4.99. The monoisotopic (exact) mass is 314 g/mol. The van der Waals surface area contributed by atoms with Crippen LogP contribution >= 0.6 is 0 Å².